The van der Waals surface area contributed by atoms with Crippen molar-refractivity contribution in [3.05, 3.63) is 30.3 Å². The third-order valence-electron chi connectivity index (χ3n) is 5.39. The molecule has 21 heavy (non-hydrogen) atoms. The van der Waals surface area contributed by atoms with Gasteiger partial charge >= 0.3 is 0 Å². The maximum Gasteiger partial charge on any atom is 0.0631 e. The smallest absolute Gasteiger partial charge is 0.0631 e. The molecule has 1 aliphatic carbocycles. The van der Waals surface area contributed by atoms with Gasteiger partial charge in [-0.2, -0.15) is 0 Å². The zero-order chi connectivity index (χ0) is 14.9. The molecule has 1 saturated heterocycles. The zero-order valence-corrected chi connectivity index (χ0v) is 13.3. The monoisotopic (exact) mass is 288 g/mol. The summed E-state index contributed by atoms with van der Waals surface area (Å²) in [6, 6.07) is 10.7. The van der Waals surface area contributed by atoms with Crippen molar-refractivity contribution >= 4 is 5.69 Å². The minimum Gasteiger partial charge on any atom is -0.392 e. The summed E-state index contributed by atoms with van der Waals surface area (Å²) in [5, 5.41) is 10.4. The Kier molecular flexibility index (Phi) is 4.23. The predicted molar refractivity (Wildman–Crippen MR) is 87.6 cm³/mol. The van der Waals surface area contributed by atoms with Crippen molar-refractivity contribution in [2.45, 2.75) is 32.8 Å². The Morgan fingerprint density at radius 2 is 1.76 bits per heavy atom. The lowest BCUT2D eigenvalue weighted by Gasteiger charge is -2.38. The van der Waals surface area contributed by atoms with Crippen LogP contribution in [0.1, 0.15) is 26.7 Å². The van der Waals surface area contributed by atoms with E-state index in [1.165, 1.54) is 12.1 Å². The lowest BCUT2D eigenvalue weighted by molar-refractivity contribution is 0.0319. The number of piperazine rings is 1. The van der Waals surface area contributed by atoms with E-state index in [4.69, 9.17) is 0 Å². The van der Waals surface area contributed by atoms with Gasteiger partial charge in [0.2, 0.25) is 0 Å². The lowest BCUT2D eigenvalue weighted by Crippen LogP contribution is -2.48. The Bertz CT molecular complexity index is 452. The normalized spacial score (nSPS) is 29.8. The van der Waals surface area contributed by atoms with Crippen LogP contribution < -0.4 is 4.90 Å². The second-order valence-corrected chi connectivity index (χ2v) is 7.36. The van der Waals surface area contributed by atoms with E-state index in [0.29, 0.717) is 5.92 Å². The van der Waals surface area contributed by atoms with Gasteiger partial charge in [0.25, 0.3) is 0 Å². The van der Waals surface area contributed by atoms with Crippen LogP contribution in [-0.2, 0) is 0 Å². The molecule has 2 aliphatic rings. The molecule has 0 spiro atoms. The van der Waals surface area contributed by atoms with E-state index in [-0.39, 0.29) is 11.5 Å². The van der Waals surface area contributed by atoms with E-state index in [0.717, 1.165) is 39.1 Å². The fourth-order valence-electron chi connectivity index (χ4n) is 3.85. The summed E-state index contributed by atoms with van der Waals surface area (Å²) >= 11 is 0. The van der Waals surface area contributed by atoms with Crippen LogP contribution in [0.25, 0.3) is 0 Å². The first-order valence-electron chi connectivity index (χ1n) is 8.27. The molecule has 1 aromatic carbocycles. The van der Waals surface area contributed by atoms with Crippen LogP contribution in [0.5, 0.6) is 0 Å². The lowest BCUT2D eigenvalue weighted by atomic mass is 9.87. The first-order chi connectivity index (χ1) is 10.1. The van der Waals surface area contributed by atoms with Crippen LogP contribution in [0.3, 0.4) is 0 Å². The summed E-state index contributed by atoms with van der Waals surface area (Å²) in [5.74, 6) is 0.461. The van der Waals surface area contributed by atoms with Gasteiger partial charge in [0.1, 0.15) is 0 Å². The number of anilines is 1. The van der Waals surface area contributed by atoms with Crippen molar-refractivity contribution in [3.63, 3.8) is 0 Å². The number of rotatable bonds is 3. The van der Waals surface area contributed by atoms with Crippen molar-refractivity contribution in [1.82, 2.24) is 4.90 Å². The van der Waals surface area contributed by atoms with E-state index in [9.17, 15) is 5.11 Å². The van der Waals surface area contributed by atoms with Crippen molar-refractivity contribution < 1.29 is 5.11 Å². The SMILES string of the molecule is CC1(C)CCC(CN2CCN(c3ccccc3)CC2)C1O. The number of aliphatic hydroxyl groups is 1. The van der Waals surface area contributed by atoms with E-state index in [2.05, 4.69) is 54.0 Å². The van der Waals surface area contributed by atoms with E-state index in [1.54, 1.807) is 0 Å². The Morgan fingerprint density at radius 1 is 1.10 bits per heavy atom. The van der Waals surface area contributed by atoms with Gasteiger partial charge in [0.05, 0.1) is 6.10 Å². The van der Waals surface area contributed by atoms with E-state index < -0.39 is 0 Å². The molecule has 2 atom stereocenters. The molecule has 1 saturated carbocycles. The van der Waals surface area contributed by atoms with Crippen molar-refractivity contribution in [2.75, 3.05) is 37.6 Å². The van der Waals surface area contributed by atoms with Gasteiger partial charge in [0.15, 0.2) is 0 Å². The molecule has 0 amide bonds. The standard InChI is InChI=1S/C18H28N2O/c1-18(2)9-8-15(17(18)21)14-19-10-12-20(13-11-19)16-6-4-3-5-7-16/h3-7,15,17,21H,8-14H2,1-2H3. The summed E-state index contributed by atoms with van der Waals surface area (Å²) in [5.41, 5.74) is 1.44. The van der Waals surface area contributed by atoms with Crippen molar-refractivity contribution in [1.29, 1.82) is 0 Å². The second kappa shape index (κ2) is 5.98. The molecule has 1 aromatic rings. The molecule has 1 aliphatic heterocycles. The number of aliphatic hydroxyl groups excluding tert-OH is 1. The summed E-state index contributed by atoms with van der Waals surface area (Å²) < 4.78 is 0. The Balaban J connectivity index is 1.51. The minimum absolute atomic E-state index is 0.108. The van der Waals surface area contributed by atoms with Gasteiger partial charge in [-0.1, -0.05) is 32.0 Å². The van der Waals surface area contributed by atoms with Crippen LogP contribution in [0.2, 0.25) is 0 Å². The first-order valence-corrected chi connectivity index (χ1v) is 8.27. The Labute approximate surface area is 128 Å². The third-order valence-corrected chi connectivity index (χ3v) is 5.39. The molecule has 0 aromatic heterocycles. The van der Waals surface area contributed by atoms with Crippen molar-refractivity contribution in [2.24, 2.45) is 11.3 Å². The molecule has 0 radical (unpaired) electrons. The predicted octanol–water partition coefficient (Wildman–Crippen LogP) is 2.61. The molecule has 3 nitrogen and oxygen atoms in total. The van der Waals surface area contributed by atoms with E-state index in [1.807, 2.05) is 0 Å². The Morgan fingerprint density at radius 3 is 2.33 bits per heavy atom. The number of para-hydroxylation sites is 1. The van der Waals surface area contributed by atoms with Crippen LogP contribution in [0.15, 0.2) is 30.3 Å². The highest BCUT2D eigenvalue weighted by molar-refractivity contribution is 5.46. The molecule has 1 heterocycles. The molecule has 1 N–H and O–H groups in total. The van der Waals surface area contributed by atoms with Gasteiger partial charge < -0.3 is 10.0 Å². The largest absolute Gasteiger partial charge is 0.392 e. The van der Waals surface area contributed by atoms with Gasteiger partial charge in [0, 0.05) is 38.4 Å². The highest BCUT2D eigenvalue weighted by Crippen LogP contribution is 2.41. The molecule has 2 unspecified atom stereocenters. The van der Waals surface area contributed by atoms with Gasteiger partial charge in [-0.15, -0.1) is 0 Å². The second-order valence-electron chi connectivity index (χ2n) is 7.36. The molecular formula is C18H28N2O. The summed E-state index contributed by atoms with van der Waals surface area (Å²) in [6.07, 6.45) is 2.19. The minimum atomic E-state index is -0.135. The molecule has 3 rings (SSSR count). The summed E-state index contributed by atoms with van der Waals surface area (Å²) in [6.45, 7) is 9.87. The van der Waals surface area contributed by atoms with Gasteiger partial charge in [-0.25, -0.2) is 0 Å². The van der Waals surface area contributed by atoms with Crippen LogP contribution in [-0.4, -0.2) is 48.8 Å². The highest BCUT2D eigenvalue weighted by Gasteiger charge is 2.41. The van der Waals surface area contributed by atoms with Crippen LogP contribution in [0.4, 0.5) is 5.69 Å². The number of hydrogen-bond acceptors (Lipinski definition) is 3. The number of benzene rings is 1. The fraction of sp³-hybridized carbons (Fsp3) is 0.667. The molecule has 0 bridgehead atoms. The Hall–Kier alpha value is -1.06. The van der Waals surface area contributed by atoms with Crippen molar-refractivity contribution in [3.8, 4) is 0 Å². The number of nitrogens with zero attached hydrogens (tertiary/aromatic N) is 2. The summed E-state index contributed by atoms with van der Waals surface area (Å²) in [7, 11) is 0. The topological polar surface area (TPSA) is 26.7 Å². The van der Waals surface area contributed by atoms with Gasteiger partial charge in [-0.3, -0.25) is 4.90 Å². The molecular weight excluding hydrogens is 260 g/mol. The average molecular weight is 288 g/mol. The molecule has 2 fully saturated rings. The zero-order valence-electron chi connectivity index (χ0n) is 13.3. The first kappa shape index (κ1) is 14.9. The van der Waals surface area contributed by atoms with Crippen LogP contribution in [0, 0.1) is 11.3 Å². The average Bonchev–Trinajstić information content (AvgIpc) is 2.76. The van der Waals surface area contributed by atoms with E-state index >= 15 is 0 Å². The maximum atomic E-state index is 10.4. The van der Waals surface area contributed by atoms with Crippen LogP contribution >= 0.6 is 0 Å². The molecule has 3 heteroatoms. The third kappa shape index (κ3) is 3.24. The summed E-state index contributed by atoms with van der Waals surface area (Å²) in [4.78, 5) is 5.00. The maximum absolute atomic E-state index is 10.4. The highest BCUT2D eigenvalue weighted by atomic mass is 16.3. The fourth-order valence-corrected chi connectivity index (χ4v) is 3.85. The quantitative estimate of drug-likeness (QED) is 0.926. The number of hydrogen-bond donors (Lipinski definition) is 1. The van der Waals surface area contributed by atoms with Gasteiger partial charge in [-0.05, 0) is 36.3 Å². The molecule has 116 valence electrons.